The second-order valence-corrected chi connectivity index (χ2v) is 14.9. The summed E-state index contributed by atoms with van der Waals surface area (Å²) in [5.41, 5.74) is 0. The van der Waals surface area contributed by atoms with Crippen LogP contribution in [0.4, 0.5) is 0 Å². The molecule has 290 valence electrons. The molecule has 1 saturated heterocycles. The van der Waals surface area contributed by atoms with Crippen molar-refractivity contribution in [3.63, 3.8) is 0 Å². The predicted molar refractivity (Wildman–Crippen MR) is 217 cm³/mol. The van der Waals surface area contributed by atoms with Crippen LogP contribution in [0.1, 0.15) is 149 Å². The average molecular weight is 731 g/mol. The van der Waals surface area contributed by atoms with Gasteiger partial charge in [-0.3, -0.25) is 4.79 Å². The molecule has 51 heavy (non-hydrogen) atoms. The first-order chi connectivity index (χ1) is 25.1. The van der Waals surface area contributed by atoms with Gasteiger partial charge in [-0.05, 0) is 63.9 Å². The fourth-order valence-corrected chi connectivity index (χ4v) is 6.61. The fraction of sp³-hybridized carbons (Fsp3) is 0.651. The van der Waals surface area contributed by atoms with Crippen LogP contribution in [-0.4, -0.2) is 43.3 Å². The van der Waals surface area contributed by atoms with Crippen LogP contribution in [0.3, 0.4) is 0 Å². The highest BCUT2D eigenvalue weighted by Crippen LogP contribution is 2.55. The van der Waals surface area contributed by atoms with E-state index in [1.165, 1.54) is 70.6 Å². The molecule has 0 aromatic carbocycles. The Bertz CT molecular complexity index is 1010. The standard InChI is InChI=1S/C43H73NO6P/c1-3-5-7-9-11-13-15-17-19-20-21-22-23-24-26-28-30-32-34-36-43(45)50-42(41-49-51(46)44-37-39-48-51)40-47-38-35-33-31-29-27-25-18-16-14-12-10-8-6-4-2/h5,7,11,13,17,19,21-22,24,26,30,32,35,38,42,44,46H,3-4,6,8-10,12,14-16,18,20,23,25,27-29,31,33-34,36-37,39-41H2,1-2H3/q+1. The molecule has 2 N–H and O–H groups in total. The normalized spacial score (nSPS) is 17.6. The number of ether oxygens (including phenoxy) is 2. The van der Waals surface area contributed by atoms with Gasteiger partial charge in [-0.2, -0.15) is 13.9 Å². The first-order valence-corrected chi connectivity index (χ1v) is 21.7. The number of nitrogens with one attached hydrogen (secondary N) is 1. The molecule has 1 aliphatic heterocycles. The summed E-state index contributed by atoms with van der Waals surface area (Å²) in [4.78, 5) is 23.0. The largest absolute Gasteiger partial charge is 0.499 e. The molecule has 1 rings (SSSR count). The summed E-state index contributed by atoms with van der Waals surface area (Å²) < 4.78 is 22.3. The van der Waals surface area contributed by atoms with Gasteiger partial charge in [-0.15, -0.1) is 5.09 Å². The number of hydrogen-bond acceptors (Lipinski definition) is 7. The summed E-state index contributed by atoms with van der Waals surface area (Å²) in [6.45, 7) is 5.48. The minimum Gasteiger partial charge on any atom is -0.498 e. The van der Waals surface area contributed by atoms with E-state index in [9.17, 15) is 9.69 Å². The van der Waals surface area contributed by atoms with Crippen LogP contribution in [0.15, 0.2) is 85.3 Å². The van der Waals surface area contributed by atoms with E-state index in [0.717, 1.165) is 51.4 Å². The van der Waals surface area contributed by atoms with Gasteiger partial charge in [0.25, 0.3) is 0 Å². The molecule has 8 heteroatoms. The highest BCUT2D eigenvalue weighted by Gasteiger charge is 2.46. The van der Waals surface area contributed by atoms with Crippen LogP contribution in [0.5, 0.6) is 0 Å². The molecule has 0 amide bonds. The minimum absolute atomic E-state index is 0.00446. The van der Waals surface area contributed by atoms with Crippen molar-refractivity contribution < 1.29 is 28.2 Å². The van der Waals surface area contributed by atoms with E-state index in [1.807, 2.05) is 12.2 Å². The Hall–Kier alpha value is -2.28. The lowest BCUT2D eigenvalue weighted by molar-refractivity contribution is -0.153. The summed E-state index contributed by atoms with van der Waals surface area (Å²) in [6.07, 6.45) is 52.7. The SMILES string of the molecule is CCC=CCC=CCC=CCC=CCC=CCC=CCCC(=O)OC(COC=CCCCCCCCCCCCCCC)CO[P+]1(O)NCCO1. The van der Waals surface area contributed by atoms with Gasteiger partial charge in [0.15, 0.2) is 6.10 Å². The molecule has 2 atom stereocenters. The number of allylic oxidation sites excluding steroid dienone is 13. The highest BCUT2D eigenvalue weighted by atomic mass is 31.2. The third kappa shape index (κ3) is 32.1. The molecule has 0 radical (unpaired) electrons. The maximum absolute atomic E-state index is 12.6. The molecule has 0 aliphatic carbocycles. The molecule has 0 bridgehead atoms. The molecular formula is C43H73NO6P+. The molecule has 2 unspecified atom stereocenters. The van der Waals surface area contributed by atoms with Crippen LogP contribution < -0.4 is 5.09 Å². The zero-order chi connectivity index (χ0) is 36.8. The zero-order valence-electron chi connectivity index (χ0n) is 32.3. The van der Waals surface area contributed by atoms with Crippen molar-refractivity contribution in [1.82, 2.24) is 5.09 Å². The van der Waals surface area contributed by atoms with Crippen LogP contribution in [0.25, 0.3) is 0 Å². The van der Waals surface area contributed by atoms with Crippen LogP contribution in [0, 0.1) is 0 Å². The van der Waals surface area contributed by atoms with E-state index in [-0.39, 0.29) is 25.6 Å². The lowest BCUT2D eigenvalue weighted by atomic mass is 10.0. The number of hydrogen-bond donors (Lipinski definition) is 2. The third-order valence-electron chi connectivity index (χ3n) is 8.22. The first kappa shape index (κ1) is 46.7. The maximum Gasteiger partial charge on any atom is 0.499 e. The van der Waals surface area contributed by atoms with Crippen molar-refractivity contribution in [3.05, 3.63) is 85.3 Å². The Morgan fingerprint density at radius 2 is 1.18 bits per heavy atom. The van der Waals surface area contributed by atoms with Gasteiger partial charge >= 0.3 is 14.1 Å². The van der Waals surface area contributed by atoms with Crippen LogP contribution in [-0.2, 0) is 23.3 Å². The van der Waals surface area contributed by atoms with E-state index in [2.05, 4.69) is 85.8 Å². The van der Waals surface area contributed by atoms with Gasteiger partial charge in [0.1, 0.15) is 19.8 Å². The second-order valence-electron chi connectivity index (χ2n) is 13.0. The van der Waals surface area contributed by atoms with Gasteiger partial charge in [-0.1, -0.05) is 157 Å². The van der Waals surface area contributed by atoms with Gasteiger partial charge in [-0.25, -0.2) is 0 Å². The smallest absolute Gasteiger partial charge is 0.498 e. The first-order valence-electron chi connectivity index (χ1n) is 20.1. The van der Waals surface area contributed by atoms with Crippen molar-refractivity contribution in [2.24, 2.45) is 0 Å². The maximum atomic E-state index is 12.6. The number of rotatable bonds is 34. The van der Waals surface area contributed by atoms with Crippen molar-refractivity contribution in [3.8, 4) is 0 Å². The monoisotopic (exact) mass is 731 g/mol. The Kier molecular flexibility index (Phi) is 33.1. The van der Waals surface area contributed by atoms with Crippen LogP contribution >= 0.6 is 8.09 Å². The van der Waals surface area contributed by atoms with Gasteiger partial charge in [0.05, 0.1) is 12.8 Å². The fourth-order valence-electron chi connectivity index (χ4n) is 5.27. The van der Waals surface area contributed by atoms with E-state index >= 15 is 0 Å². The highest BCUT2D eigenvalue weighted by molar-refractivity contribution is 7.58. The van der Waals surface area contributed by atoms with E-state index in [0.29, 0.717) is 19.6 Å². The summed E-state index contributed by atoms with van der Waals surface area (Å²) in [7, 11) is -3.09. The van der Waals surface area contributed by atoms with E-state index in [4.69, 9.17) is 18.5 Å². The van der Waals surface area contributed by atoms with Gasteiger partial charge in [0.2, 0.25) is 0 Å². The number of carbonyl (C=O) groups is 1. The summed E-state index contributed by atoms with van der Waals surface area (Å²) in [5.74, 6) is -0.321. The lowest BCUT2D eigenvalue weighted by Crippen LogP contribution is -2.29. The van der Waals surface area contributed by atoms with Gasteiger partial charge in [0, 0.05) is 6.42 Å². The third-order valence-corrected chi connectivity index (χ3v) is 9.88. The average Bonchev–Trinajstić information content (AvgIpc) is 3.57. The quantitative estimate of drug-likeness (QED) is 0.0224. The number of unbranched alkanes of at least 4 members (excludes halogenated alkanes) is 12. The van der Waals surface area contributed by atoms with Crippen molar-refractivity contribution in [2.75, 3.05) is 26.4 Å². The lowest BCUT2D eigenvalue weighted by Gasteiger charge is -2.18. The van der Waals surface area contributed by atoms with Crippen molar-refractivity contribution >= 4 is 14.1 Å². The van der Waals surface area contributed by atoms with E-state index in [1.54, 1.807) is 6.26 Å². The zero-order valence-corrected chi connectivity index (χ0v) is 33.2. The van der Waals surface area contributed by atoms with Gasteiger partial charge < -0.3 is 9.47 Å². The molecule has 0 aromatic rings. The summed E-state index contributed by atoms with van der Waals surface area (Å²) in [5, 5.41) is 2.86. The molecule has 1 heterocycles. The predicted octanol–water partition coefficient (Wildman–Crippen LogP) is 12.3. The van der Waals surface area contributed by atoms with E-state index < -0.39 is 14.2 Å². The summed E-state index contributed by atoms with van der Waals surface area (Å²) in [6, 6.07) is 0. The molecule has 1 fully saturated rings. The topological polar surface area (TPSA) is 86.3 Å². The molecule has 0 aromatic heterocycles. The molecule has 0 spiro atoms. The number of esters is 1. The Morgan fingerprint density at radius 1 is 0.667 bits per heavy atom. The molecule has 1 aliphatic rings. The molecular weight excluding hydrogens is 657 g/mol. The molecule has 0 saturated carbocycles. The van der Waals surface area contributed by atoms with Crippen molar-refractivity contribution in [1.29, 1.82) is 0 Å². The van der Waals surface area contributed by atoms with Crippen LogP contribution in [0.2, 0.25) is 0 Å². The summed E-state index contributed by atoms with van der Waals surface area (Å²) >= 11 is 0. The number of carbonyl (C=O) groups excluding carboxylic acids is 1. The molecule has 7 nitrogen and oxygen atoms in total. The second kappa shape index (κ2) is 36.1. The van der Waals surface area contributed by atoms with Crippen molar-refractivity contribution in [2.45, 2.75) is 155 Å². The Labute approximate surface area is 313 Å². The minimum atomic E-state index is -3.09. The Balaban J connectivity index is 2.20. The Morgan fingerprint density at radius 3 is 1.69 bits per heavy atom.